The van der Waals surface area contributed by atoms with Gasteiger partial charge in [-0.1, -0.05) is 105 Å². The van der Waals surface area contributed by atoms with E-state index in [9.17, 15) is 0 Å². The molecule has 0 saturated carbocycles. The predicted octanol–water partition coefficient (Wildman–Crippen LogP) is 10.00. The summed E-state index contributed by atoms with van der Waals surface area (Å²) in [6, 6.07) is 46.5. The topological polar surface area (TPSA) is 8.17 Å². The summed E-state index contributed by atoms with van der Waals surface area (Å²) in [4.78, 5) is 2.53. The van der Waals surface area contributed by atoms with Crippen LogP contribution in [0.1, 0.15) is 31.4 Å². The minimum atomic E-state index is 0.0309. The number of para-hydroxylation sites is 3. The van der Waals surface area contributed by atoms with Crippen LogP contribution in [-0.4, -0.2) is 10.6 Å². The van der Waals surface area contributed by atoms with Crippen LogP contribution in [0.25, 0.3) is 33.1 Å². The smallest absolute Gasteiger partial charge is 0.0566 e. The number of hydrogen-bond acceptors (Lipinski definition) is 1. The van der Waals surface area contributed by atoms with Crippen LogP contribution < -0.4 is 4.90 Å². The van der Waals surface area contributed by atoms with Gasteiger partial charge >= 0.3 is 0 Å². The third kappa shape index (κ3) is 3.64. The summed E-state index contributed by atoms with van der Waals surface area (Å²) in [7, 11) is 0. The fraction of sp³-hybridized carbons (Fsp3) is 0.128. The largest absolute Gasteiger partial charge is 0.334 e. The molecule has 0 N–H and O–H groups in total. The summed E-state index contributed by atoms with van der Waals surface area (Å²) >= 11 is 0. The molecule has 0 saturated heterocycles. The van der Waals surface area contributed by atoms with E-state index in [2.05, 4.69) is 163 Å². The van der Waals surface area contributed by atoms with Gasteiger partial charge in [0.05, 0.1) is 17.1 Å². The van der Waals surface area contributed by atoms with Crippen molar-refractivity contribution in [3.8, 4) is 5.69 Å². The lowest BCUT2D eigenvalue weighted by molar-refractivity contribution is 0.648. The number of nitrogens with zero attached hydrogens (tertiary/aromatic N) is 2. The first-order chi connectivity index (χ1) is 20.1. The van der Waals surface area contributed by atoms with Gasteiger partial charge in [0, 0.05) is 33.2 Å². The molecule has 2 nitrogen and oxygen atoms in total. The zero-order valence-corrected chi connectivity index (χ0v) is 23.5. The van der Waals surface area contributed by atoms with Crippen molar-refractivity contribution in [2.75, 3.05) is 4.90 Å². The lowest BCUT2D eigenvalue weighted by Gasteiger charge is -2.35. The van der Waals surface area contributed by atoms with E-state index in [0.717, 1.165) is 6.42 Å². The molecule has 6 aromatic rings. The molecule has 2 aliphatic carbocycles. The van der Waals surface area contributed by atoms with Gasteiger partial charge in [0.25, 0.3) is 0 Å². The number of rotatable bonds is 4. The van der Waals surface area contributed by atoms with Crippen molar-refractivity contribution in [3.63, 3.8) is 0 Å². The monoisotopic (exact) mass is 528 g/mol. The molecule has 0 fully saturated rings. The number of aromatic nitrogens is 1. The molecule has 8 rings (SSSR count). The van der Waals surface area contributed by atoms with E-state index in [1.807, 2.05) is 0 Å². The number of benzene rings is 5. The van der Waals surface area contributed by atoms with Gasteiger partial charge < -0.3 is 9.47 Å². The van der Waals surface area contributed by atoms with Gasteiger partial charge in [-0.05, 0) is 77.2 Å². The average Bonchev–Trinajstić information content (AvgIpc) is 3.47. The molecular formula is C39H32N2. The number of fused-ring (bicyclic) bond motifs is 6. The number of allylic oxidation sites excluding steroid dienone is 2. The Morgan fingerprint density at radius 3 is 2.17 bits per heavy atom. The highest BCUT2D eigenvalue weighted by Crippen LogP contribution is 2.52. The molecule has 2 aliphatic rings. The van der Waals surface area contributed by atoms with Crippen molar-refractivity contribution in [2.24, 2.45) is 0 Å². The average molecular weight is 529 g/mol. The standard InChI is InChI=1S/C39H32N2/c1-39(2)35-19-11-9-17-31(35)33-25-29(21-23-36(33)39)40(27-13-5-3-6-14-27)30-22-24-38-34(26-30)32-18-10-12-20-37(32)41(38)28-15-7-4-8-16-28/h3-20,22-26,29H,21H2,1-2H3. The Balaban J connectivity index is 1.32. The maximum atomic E-state index is 2.53. The molecule has 0 bridgehead atoms. The Hall–Kier alpha value is -4.82. The molecule has 1 heterocycles. The summed E-state index contributed by atoms with van der Waals surface area (Å²) < 4.78 is 2.39. The van der Waals surface area contributed by atoms with Gasteiger partial charge in [-0.25, -0.2) is 0 Å². The van der Waals surface area contributed by atoms with E-state index >= 15 is 0 Å². The molecule has 0 spiro atoms. The summed E-state index contributed by atoms with van der Waals surface area (Å²) in [6.45, 7) is 4.73. The maximum absolute atomic E-state index is 2.53. The van der Waals surface area contributed by atoms with Crippen LogP contribution in [0.4, 0.5) is 11.4 Å². The summed E-state index contributed by atoms with van der Waals surface area (Å²) in [5.74, 6) is 0. The fourth-order valence-electron chi connectivity index (χ4n) is 7.20. The van der Waals surface area contributed by atoms with Crippen LogP contribution in [0.5, 0.6) is 0 Å². The summed E-state index contributed by atoms with van der Waals surface area (Å²) in [6.07, 6.45) is 5.98. The van der Waals surface area contributed by atoms with Crippen LogP contribution in [-0.2, 0) is 5.41 Å². The van der Waals surface area contributed by atoms with Gasteiger partial charge in [0.1, 0.15) is 0 Å². The van der Waals surface area contributed by atoms with Crippen LogP contribution in [0, 0.1) is 0 Å². The minimum absolute atomic E-state index is 0.0309. The first-order valence-electron chi connectivity index (χ1n) is 14.6. The summed E-state index contributed by atoms with van der Waals surface area (Å²) in [5, 5.41) is 2.55. The van der Waals surface area contributed by atoms with Crippen LogP contribution in [0.15, 0.2) is 145 Å². The van der Waals surface area contributed by atoms with Gasteiger partial charge in [-0.15, -0.1) is 0 Å². The zero-order valence-electron chi connectivity index (χ0n) is 23.5. The van der Waals surface area contributed by atoms with Crippen LogP contribution in [0.3, 0.4) is 0 Å². The highest BCUT2D eigenvalue weighted by molar-refractivity contribution is 6.10. The van der Waals surface area contributed by atoms with E-state index in [1.165, 1.54) is 61.1 Å². The van der Waals surface area contributed by atoms with Crippen molar-refractivity contribution in [1.82, 2.24) is 4.57 Å². The molecule has 0 amide bonds. The predicted molar refractivity (Wildman–Crippen MR) is 173 cm³/mol. The van der Waals surface area contributed by atoms with Crippen LogP contribution >= 0.6 is 0 Å². The normalized spacial score (nSPS) is 17.2. The first kappa shape index (κ1) is 24.0. The van der Waals surface area contributed by atoms with E-state index in [4.69, 9.17) is 0 Å². The lowest BCUT2D eigenvalue weighted by Crippen LogP contribution is -2.31. The lowest BCUT2D eigenvalue weighted by atomic mass is 9.80. The summed E-state index contributed by atoms with van der Waals surface area (Å²) in [5.41, 5.74) is 11.8. The zero-order chi connectivity index (χ0) is 27.6. The number of anilines is 2. The SMILES string of the molecule is CC1(C)C2=CCC(N(c3ccccc3)c3ccc4c(c3)c3ccccc3n4-c3ccccc3)C=C2c2ccccc21. The highest BCUT2D eigenvalue weighted by Gasteiger charge is 2.40. The van der Waals surface area contributed by atoms with E-state index in [0.29, 0.717) is 0 Å². The molecule has 1 aromatic heterocycles. The van der Waals surface area contributed by atoms with E-state index in [-0.39, 0.29) is 11.5 Å². The molecule has 41 heavy (non-hydrogen) atoms. The Kier molecular flexibility index (Phi) is 5.33. The third-order valence-electron chi connectivity index (χ3n) is 9.09. The second kappa shape index (κ2) is 9.11. The van der Waals surface area contributed by atoms with E-state index in [1.54, 1.807) is 0 Å². The van der Waals surface area contributed by atoms with Gasteiger partial charge in [-0.2, -0.15) is 0 Å². The first-order valence-corrected chi connectivity index (χ1v) is 14.6. The molecule has 198 valence electrons. The maximum Gasteiger partial charge on any atom is 0.0566 e. The molecule has 0 aliphatic heterocycles. The molecule has 0 radical (unpaired) electrons. The van der Waals surface area contributed by atoms with Crippen molar-refractivity contribution >= 4 is 38.8 Å². The number of hydrogen-bond donors (Lipinski definition) is 0. The van der Waals surface area contributed by atoms with E-state index < -0.39 is 0 Å². The molecular weight excluding hydrogens is 496 g/mol. The van der Waals surface area contributed by atoms with Crippen molar-refractivity contribution in [2.45, 2.75) is 31.7 Å². The minimum Gasteiger partial charge on any atom is -0.334 e. The Labute approximate surface area is 241 Å². The second-order valence-corrected chi connectivity index (χ2v) is 11.8. The second-order valence-electron chi connectivity index (χ2n) is 11.8. The van der Waals surface area contributed by atoms with Crippen molar-refractivity contribution in [1.29, 1.82) is 0 Å². The highest BCUT2D eigenvalue weighted by atomic mass is 15.2. The Morgan fingerprint density at radius 1 is 0.659 bits per heavy atom. The third-order valence-corrected chi connectivity index (χ3v) is 9.09. The van der Waals surface area contributed by atoms with Gasteiger partial charge in [0.15, 0.2) is 0 Å². The molecule has 5 aromatic carbocycles. The van der Waals surface area contributed by atoms with Crippen molar-refractivity contribution < 1.29 is 0 Å². The molecule has 1 atom stereocenters. The van der Waals surface area contributed by atoms with Gasteiger partial charge in [0.2, 0.25) is 0 Å². The molecule has 2 heteroatoms. The van der Waals surface area contributed by atoms with Gasteiger partial charge in [-0.3, -0.25) is 0 Å². The Bertz CT molecular complexity index is 1990. The molecule has 1 unspecified atom stereocenters. The van der Waals surface area contributed by atoms with Crippen LogP contribution in [0.2, 0.25) is 0 Å². The Morgan fingerprint density at radius 2 is 1.34 bits per heavy atom. The van der Waals surface area contributed by atoms with Crippen molar-refractivity contribution in [3.05, 3.63) is 156 Å². The quantitative estimate of drug-likeness (QED) is 0.221. The fourth-order valence-corrected chi connectivity index (χ4v) is 7.20.